The molecule has 3 rings (SSSR count). The van der Waals surface area contributed by atoms with Crippen LogP contribution in [0.3, 0.4) is 0 Å². The van der Waals surface area contributed by atoms with E-state index >= 15 is 0 Å². The Labute approximate surface area is 145 Å². The molecule has 2 amide bonds. The van der Waals surface area contributed by atoms with Gasteiger partial charge in [-0.1, -0.05) is 0 Å². The molecule has 1 fully saturated rings. The Bertz CT molecular complexity index is 849. The van der Waals surface area contributed by atoms with E-state index < -0.39 is 0 Å². The van der Waals surface area contributed by atoms with Crippen molar-refractivity contribution < 1.29 is 14.3 Å². The monoisotopic (exact) mass is 340 g/mol. The molecule has 1 aliphatic carbocycles. The van der Waals surface area contributed by atoms with Gasteiger partial charge < -0.3 is 15.0 Å². The fourth-order valence-electron chi connectivity index (χ4n) is 2.51. The normalized spacial score (nSPS) is 14.7. The molecule has 1 aromatic carbocycles. The van der Waals surface area contributed by atoms with Crippen molar-refractivity contribution in [3.05, 3.63) is 47.9 Å². The molecule has 0 bridgehead atoms. The highest BCUT2D eigenvalue weighted by Crippen LogP contribution is 2.26. The van der Waals surface area contributed by atoms with Crippen LogP contribution >= 0.6 is 0 Å². The van der Waals surface area contributed by atoms with E-state index in [9.17, 15) is 9.59 Å². The van der Waals surface area contributed by atoms with E-state index in [0.717, 1.165) is 30.2 Å². The number of methoxy groups -OCH3 is 1. The third-order valence-corrected chi connectivity index (χ3v) is 4.01. The quantitative estimate of drug-likeness (QED) is 0.598. The number of nitrogens with one attached hydrogen (secondary N) is 2. The first kappa shape index (κ1) is 16.8. The van der Waals surface area contributed by atoms with Crippen molar-refractivity contribution >= 4 is 23.2 Å². The van der Waals surface area contributed by atoms with Gasteiger partial charge in [0, 0.05) is 29.4 Å². The number of H-pyrrole nitrogens is 1. The minimum absolute atomic E-state index is 0.267. The Hall–Kier alpha value is -3.09. The number of carbonyl (C=O) groups is 2. The van der Waals surface area contributed by atoms with Crippen molar-refractivity contribution in [2.75, 3.05) is 7.11 Å². The summed E-state index contributed by atoms with van der Waals surface area (Å²) in [5.74, 6) is 0.204. The van der Waals surface area contributed by atoms with E-state index in [2.05, 4.69) is 15.5 Å². The first-order valence-electron chi connectivity index (χ1n) is 8.02. The molecule has 2 N–H and O–H groups in total. The van der Waals surface area contributed by atoms with Gasteiger partial charge in [0.1, 0.15) is 5.75 Å². The molecule has 1 saturated carbocycles. The Kier molecular flexibility index (Phi) is 4.83. The smallest absolute Gasteiger partial charge is 0.259 e. The molecule has 0 unspecified atom stereocenters. The Morgan fingerprint density at radius 3 is 2.92 bits per heavy atom. The molecule has 1 heterocycles. The zero-order chi connectivity index (χ0) is 17.8. The van der Waals surface area contributed by atoms with E-state index in [4.69, 9.17) is 4.74 Å². The molecule has 2 aromatic rings. The van der Waals surface area contributed by atoms with E-state index in [1.54, 1.807) is 48.5 Å². The summed E-state index contributed by atoms with van der Waals surface area (Å²) in [5, 5.41) is 10.5. The van der Waals surface area contributed by atoms with Gasteiger partial charge in [0.05, 0.1) is 24.4 Å². The molecular formula is C18H20N4O3. The lowest BCUT2D eigenvalue weighted by molar-refractivity contribution is -0.116. The predicted octanol–water partition coefficient (Wildman–Crippen LogP) is 2.34. The van der Waals surface area contributed by atoms with Crippen molar-refractivity contribution in [1.82, 2.24) is 20.4 Å². The Balaban J connectivity index is 1.71. The maximum atomic E-state index is 12.5. The Morgan fingerprint density at radius 1 is 1.44 bits per heavy atom. The van der Waals surface area contributed by atoms with Crippen LogP contribution in [0.4, 0.5) is 0 Å². The minimum Gasteiger partial charge on any atom is -0.496 e. The summed E-state index contributed by atoms with van der Waals surface area (Å²) in [7, 11) is 1.52. The fraction of sp³-hybridized carbons (Fsp3) is 0.278. The summed E-state index contributed by atoms with van der Waals surface area (Å²) >= 11 is 0. The van der Waals surface area contributed by atoms with Crippen LogP contribution in [0, 0.1) is 0 Å². The second-order valence-corrected chi connectivity index (χ2v) is 5.94. The van der Waals surface area contributed by atoms with Crippen molar-refractivity contribution in [3.63, 3.8) is 0 Å². The van der Waals surface area contributed by atoms with Gasteiger partial charge in [0.15, 0.2) is 0 Å². The molecule has 130 valence electrons. The van der Waals surface area contributed by atoms with Crippen LogP contribution in [-0.2, 0) is 4.79 Å². The van der Waals surface area contributed by atoms with Crippen LogP contribution in [0.25, 0.3) is 10.9 Å². The highest BCUT2D eigenvalue weighted by atomic mass is 16.5. The number of rotatable bonds is 7. The molecule has 7 heteroatoms. The number of allylic oxidation sites excluding steroid dienone is 3. The van der Waals surface area contributed by atoms with E-state index in [0.29, 0.717) is 23.1 Å². The van der Waals surface area contributed by atoms with Crippen molar-refractivity contribution in [2.24, 2.45) is 0 Å². The first-order chi connectivity index (χ1) is 12.1. The summed E-state index contributed by atoms with van der Waals surface area (Å²) in [5.41, 5.74) is 1.90. The van der Waals surface area contributed by atoms with Crippen molar-refractivity contribution in [2.45, 2.75) is 25.8 Å². The van der Waals surface area contributed by atoms with Gasteiger partial charge in [0.2, 0.25) is 6.41 Å². The summed E-state index contributed by atoms with van der Waals surface area (Å²) in [4.78, 5) is 25.1. The maximum absolute atomic E-state index is 12.5. The average Bonchev–Trinajstić information content (AvgIpc) is 3.34. The highest BCUT2D eigenvalue weighted by Gasteiger charge is 2.26. The van der Waals surface area contributed by atoms with Gasteiger partial charge in [-0.25, -0.2) is 0 Å². The zero-order valence-electron chi connectivity index (χ0n) is 14.2. The molecule has 0 saturated heterocycles. The van der Waals surface area contributed by atoms with Crippen LogP contribution < -0.4 is 10.1 Å². The number of benzene rings is 1. The molecule has 7 nitrogen and oxygen atoms in total. The third kappa shape index (κ3) is 3.88. The number of hydrogen-bond acceptors (Lipinski definition) is 4. The molecule has 1 aromatic heterocycles. The molecule has 1 aliphatic rings. The number of hydrogen-bond donors (Lipinski definition) is 2. The summed E-state index contributed by atoms with van der Waals surface area (Å²) in [6.07, 6.45) is 9.78. The van der Waals surface area contributed by atoms with E-state index in [1.807, 2.05) is 0 Å². The summed E-state index contributed by atoms with van der Waals surface area (Å²) in [6.45, 7) is 1.79. The fourth-order valence-corrected chi connectivity index (χ4v) is 2.51. The van der Waals surface area contributed by atoms with Gasteiger partial charge in [-0.15, -0.1) is 0 Å². The zero-order valence-corrected chi connectivity index (χ0v) is 14.2. The number of ether oxygens (including phenoxy) is 1. The van der Waals surface area contributed by atoms with Crippen LogP contribution in [0.5, 0.6) is 5.75 Å². The molecule has 0 spiro atoms. The predicted molar refractivity (Wildman–Crippen MR) is 93.9 cm³/mol. The molecule has 0 radical (unpaired) electrons. The Morgan fingerprint density at radius 2 is 2.24 bits per heavy atom. The van der Waals surface area contributed by atoms with Gasteiger partial charge >= 0.3 is 0 Å². The minimum atomic E-state index is -0.267. The number of nitrogens with zero attached hydrogens (tertiary/aromatic N) is 2. The molecule has 0 aliphatic heterocycles. The molecule has 0 atom stereocenters. The van der Waals surface area contributed by atoms with Gasteiger partial charge in [-0.3, -0.25) is 14.7 Å². The highest BCUT2D eigenvalue weighted by molar-refractivity contribution is 6.01. The third-order valence-electron chi connectivity index (χ3n) is 4.01. The lowest BCUT2D eigenvalue weighted by Gasteiger charge is -2.10. The average molecular weight is 340 g/mol. The van der Waals surface area contributed by atoms with Gasteiger partial charge in [0.25, 0.3) is 5.91 Å². The second-order valence-electron chi connectivity index (χ2n) is 5.94. The van der Waals surface area contributed by atoms with Crippen LogP contribution in [0.2, 0.25) is 0 Å². The van der Waals surface area contributed by atoms with E-state index in [1.165, 1.54) is 7.11 Å². The summed E-state index contributed by atoms with van der Waals surface area (Å²) < 4.78 is 5.30. The number of fused-ring (bicyclic) bond motifs is 1. The summed E-state index contributed by atoms with van der Waals surface area (Å²) in [6, 6.07) is 3.80. The number of amides is 2. The molecule has 25 heavy (non-hydrogen) atoms. The first-order valence-corrected chi connectivity index (χ1v) is 8.02. The number of aromatic amines is 1. The van der Waals surface area contributed by atoms with Gasteiger partial charge in [-0.05, 0) is 38.0 Å². The number of carbonyl (C=O) groups excluding carboxylic acids is 2. The van der Waals surface area contributed by atoms with Crippen molar-refractivity contribution in [3.8, 4) is 5.75 Å². The lowest BCUT2D eigenvalue weighted by Crippen LogP contribution is -2.22. The topological polar surface area (TPSA) is 87.3 Å². The molecular weight excluding hydrogens is 320 g/mol. The van der Waals surface area contributed by atoms with E-state index in [-0.39, 0.29) is 5.91 Å². The second kappa shape index (κ2) is 7.21. The van der Waals surface area contributed by atoms with Gasteiger partial charge in [-0.2, -0.15) is 5.10 Å². The SMILES string of the molecule is COc1cc2[nH]ncc2cc1C(=O)N/C(C)=C/C=C\N(C=O)C1CC1. The standard InChI is InChI=1S/C18H20N4O3/c1-12(4-3-7-22(11-23)14-5-6-14)20-18(24)15-8-13-10-19-21-16(13)9-17(15)25-2/h3-4,7-11,14H,5-6H2,1-2H3,(H,19,21)(H,20,24)/b7-3-,12-4+. The van der Waals surface area contributed by atoms with Crippen molar-refractivity contribution in [1.29, 1.82) is 0 Å². The van der Waals surface area contributed by atoms with Crippen LogP contribution in [0.1, 0.15) is 30.1 Å². The largest absolute Gasteiger partial charge is 0.496 e. The lowest BCUT2D eigenvalue weighted by atomic mass is 10.1. The van der Waals surface area contributed by atoms with Crippen LogP contribution in [-0.4, -0.2) is 40.6 Å². The number of aromatic nitrogens is 2. The van der Waals surface area contributed by atoms with Crippen LogP contribution in [0.15, 0.2) is 42.4 Å². The maximum Gasteiger partial charge on any atom is 0.259 e.